The van der Waals surface area contributed by atoms with Gasteiger partial charge in [-0.05, 0) is 28.9 Å². The molecule has 1 amide bonds. The quantitative estimate of drug-likeness (QED) is 0.888. The van der Waals surface area contributed by atoms with E-state index in [1.54, 1.807) is 13.0 Å². The lowest BCUT2D eigenvalue weighted by Crippen LogP contribution is -2.19. The van der Waals surface area contributed by atoms with E-state index in [0.29, 0.717) is 15.2 Å². The molecule has 5 heteroatoms. The molecule has 0 spiro atoms. The van der Waals surface area contributed by atoms with Gasteiger partial charge >= 0.3 is 0 Å². The third kappa shape index (κ3) is 2.42. The molecule has 0 aliphatic carbocycles. The predicted molar refractivity (Wildman–Crippen MR) is 54.6 cm³/mol. The van der Waals surface area contributed by atoms with Crippen molar-refractivity contribution in [2.24, 2.45) is 5.73 Å². The Morgan fingerprint density at radius 1 is 1.77 bits per heavy atom. The lowest BCUT2D eigenvalue weighted by molar-refractivity contribution is -0.119. The Morgan fingerprint density at radius 3 is 2.85 bits per heavy atom. The van der Waals surface area contributed by atoms with Gasteiger partial charge in [0.1, 0.15) is 0 Å². The fraction of sp³-hybridized carbons (Fsp3) is 0.250. The van der Waals surface area contributed by atoms with Crippen LogP contribution in [-0.4, -0.2) is 10.9 Å². The molecule has 1 atom stereocenters. The molecule has 70 valence electrons. The molecular formula is C8H8BrClN2O. The number of amides is 1. The number of hydrogen-bond acceptors (Lipinski definition) is 2. The Morgan fingerprint density at radius 2 is 2.38 bits per heavy atom. The van der Waals surface area contributed by atoms with E-state index in [4.69, 9.17) is 17.3 Å². The van der Waals surface area contributed by atoms with Crippen molar-refractivity contribution in [1.82, 2.24) is 4.98 Å². The van der Waals surface area contributed by atoms with E-state index < -0.39 is 11.8 Å². The van der Waals surface area contributed by atoms with Crippen LogP contribution in [-0.2, 0) is 4.79 Å². The van der Waals surface area contributed by atoms with Crippen LogP contribution in [0.2, 0.25) is 5.02 Å². The zero-order valence-corrected chi connectivity index (χ0v) is 9.26. The summed E-state index contributed by atoms with van der Waals surface area (Å²) in [7, 11) is 0. The van der Waals surface area contributed by atoms with Crippen LogP contribution in [0.25, 0.3) is 0 Å². The lowest BCUT2D eigenvalue weighted by atomic mass is 10.1. The minimum atomic E-state index is -0.411. The van der Waals surface area contributed by atoms with Crippen molar-refractivity contribution in [3.63, 3.8) is 0 Å². The van der Waals surface area contributed by atoms with Crippen LogP contribution in [0.3, 0.4) is 0 Å². The number of carbonyl (C=O) groups excluding carboxylic acids is 1. The van der Waals surface area contributed by atoms with Crippen molar-refractivity contribution in [3.05, 3.63) is 27.5 Å². The van der Waals surface area contributed by atoms with Gasteiger partial charge in [0.2, 0.25) is 5.91 Å². The molecular weight excluding hydrogens is 255 g/mol. The number of rotatable bonds is 2. The van der Waals surface area contributed by atoms with E-state index in [2.05, 4.69) is 20.9 Å². The summed E-state index contributed by atoms with van der Waals surface area (Å²) in [5, 5.41) is 0.521. The second kappa shape index (κ2) is 4.07. The highest BCUT2D eigenvalue weighted by Gasteiger charge is 2.16. The van der Waals surface area contributed by atoms with E-state index in [1.165, 1.54) is 6.20 Å². The number of hydrogen-bond donors (Lipinski definition) is 1. The zero-order chi connectivity index (χ0) is 10.0. The molecule has 13 heavy (non-hydrogen) atoms. The highest BCUT2D eigenvalue weighted by molar-refractivity contribution is 9.10. The molecule has 0 fully saturated rings. The molecule has 3 nitrogen and oxygen atoms in total. The van der Waals surface area contributed by atoms with E-state index in [1.807, 2.05) is 0 Å². The van der Waals surface area contributed by atoms with Crippen LogP contribution in [0.1, 0.15) is 18.5 Å². The summed E-state index contributed by atoms with van der Waals surface area (Å²) < 4.78 is 0.700. The van der Waals surface area contributed by atoms with Gasteiger partial charge in [0, 0.05) is 10.7 Å². The maximum absolute atomic E-state index is 10.9. The van der Waals surface area contributed by atoms with E-state index in [9.17, 15) is 4.79 Å². The molecule has 1 aromatic rings. The molecule has 1 rings (SSSR count). The second-order valence-corrected chi connectivity index (χ2v) is 3.94. The first kappa shape index (κ1) is 10.5. The Bertz CT molecular complexity index is 343. The summed E-state index contributed by atoms with van der Waals surface area (Å²) in [6.07, 6.45) is 1.49. The number of aromatic nitrogens is 1. The molecule has 1 unspecified atom stereocenters. The maximum Gasteiger partial charge on any atom is 0.226 e. The monoisotopic (exact) mass is 262 g/mol. The summed E-state index contributed by atoms with van der Waals surface area (Å²) in [6.45, 7) is 1.70. The van der Waals surface area contributed by atoms with Crippen molar-refractivity contribution in [1.29, 1.82) is 0 Å². The van der Waals surface area contributed by atoms with Gasteiger partial charge in [0.15, 0.2) is 0 Å². The van der Waals surface area contributed by atoms with Crippen molar-refractivity contribution in [2.45, 2.75) is 12.8 Å². The number of nitrogens with two attached hydrogens (primary N) is 1. The van der Waals surface area contributed by atoms with Gasteiger partial charge in [-0.3, -0.25) is 9.78 Å². The van der Waals surface area contributed by atoms with Gasteiger partial charge in [0.25, 0.3) is 0 Å². The Labute approximate surface area is 89.4 Å². The summed E-state index contributed by atoms with van der Waals surface area (Å²) >= 11 is 8.95. The summed E-state index contributed by atoms with van der Waals surface area (Å²) in [5.41, 5.74) is 5.75. The van der Waals surface area contributed by atoms with Gasteiger partial charge in [0.05, 0.1) is 16.6 Å². The van der Waals surface area contributed by atoms with E-state index >= 15 is 0 Å². The molecule has 1 aromatic heterocycles. The second-order valence-electron chi connectivity index (χ2n) is 2.64. The number of primary amides is 1. The fourth-order valence-corrected chi connectivity index (χ4v) is 1.86. The minimum absolute atomic E-state index is 0.407. The average molecular weight is 264 g/mol. The van der Waals surface area contributed by atoms with Gasteiger partial charge < -0.3 is 5.73 Å². The summed E-state index contributed by atoms with van der Waals surface area (Å²) in [5.74, 6) is -0.817. The SMILES string of the molecule is CC(C(N)=O)c1ncc(Cl)cc1Br. The molecule has 0 saturated carbocycles. The third-order valence-electron chi connectivity index (χ3n) is 1.67. The minimum Gasteiger partial charge on any atom is -0.369 e. The molecule has 0 aliphatic rings. The average Bonchev–Trinajstić information content (AvgIpc) is 2.03. The number of halogens is 2. The smallest absolute Gasteiger partial charge is 0.226 e. The molecule has 1 heterocycles. The predicted octanol–water partition coefficient (Wildman–Crippen LogP) is 2.09. The molecule has 0 aliphatic heterocycles. The van der Waals surface area contributed by atoms with Gasteiger partial charge in [-0.1, -0.05) is 11.6 Å². The fourth-order valence-electron chi connectivity index (χ4n) is 0.879. The van der Waals surface area contributed by atoms with Gasteiger partial charge in [-0.2, -0.15) is 0 Å². The zero-order valence-electron chi connectivity index (χ0n) is 6.92. The number of nitrogens with zero attached hydrogens (tertiary/aromatic N) is 1. The molecule has 0 radical (unpaired) electrons. The van der Waals surface area contributed by atoms with Crippen molar-refractivity contribution in [3.8, 4) is 0 Å². The van der Waals surface area contributed by atoms with Crippen LogP contribution in [0.15, 0.2) is 16.7 Å². The van der Waals surface area contributed by atoms with Crippen LogP contribution in [0.4, 0.5) is 0 Å². The highest BCUT2D eigenvalue weighted by Crippen LogP contribution is 2.24. The Kier molecular flexibility index (Phi) is 3.27. The normalized spacial score (nSPS) is 12.5. The van der Waals surface area contributed by atoms with Crippen LogP contribution in [0.5, 0.6) is 0 Å². The maximum atomic E-state index is 10.9. The van der Waals surface area contributed by atoms with Crippen molar-refractivity contribution >= 4 is 33.4 Å². The van der Waals surface area contributed by atoms with E-state index in [0.717, 1.165) is 0 Å². The number of carbonyl (C=O) groups is 1. The van der Waals surface area contributed by atoms with Crippen molar-refractivity contribution in [2.75, 3.05) is 0 Å². The summed E-state index contributed by atoms with van der Waals surface area (Å²) in [6, 6.07) is 1.68. The first-order chi connectivity index (χ1) is 6.02. The molecule has 2 N–H and O–H groups in total. The van der Waals surface area contributed by atoms with Crippen LogP contribution in [0, 0.1) is 0 Å². The van der Waals surface area contributed by atoms with Crippen LogP contribution < -0.4 is 5.73 Å². The standard InChI is InChI=1S/C8H8BrClN2O/c1-4(8(11)13)7-6(9)2-5(10)3-12-7/h2-4H,1H3,(H2,11,13). The Balaban J connectivity index is 3.08. The lowest BCUT2D eigenvalue weighted by Gasteiger charge is -2.08. The van der Waals surface area contributed by atoms with Gasteiger partial charge in [-0.15, -0.1) is 0 Å². The topological polar surface area (TPSA) is 56.0 Å². The van der Waals surface area contributed by atoms with Crippen molar-refractivity contribution < 1.29 is 4.79 Å². The first-order valence-electron chi connectivity index (χ1n) is 3.62. The molecule has 0 bridgehead atoms. The summed E-state index contributed by atoms with van der Waals surface area (Å²) in [4.78, 5) is 14.9. The van der Waals surface area contributed by atoms with Gasteiger partial charge in [-0.25, -0.2) is 0 Å². The third-order valence-corrected chi connectivity index (χ3v) is 2.52. The highest BCUT2D eigenvalue weighted by atomic mass is 79.9. The first-order valence-corrected chi connectivity index (χ1v) is 4.79. The van der Waals surface area contributed by atoms with E-state index in [-0.39, 0.29) is 0 Å². The number of pyridine rings is 1. The van der Waals surface area contributed by atoms with Crippen LogP contribution >= 0.6 is 27.5 Å². The molecule has 0 aromatic carbocycles. The largest absolute Gasteiger partial charge is 0.369 e. The Hall–Kier alpha value is -0.610. The molecule has 0 saturated heterocycles.